The molecule has 0 saturated carbocycles. The van der Waals surface area contributed by atoms with Gasteiger partial charge in [0.15, 0.2) is 6.61 Å². The highest BCUT2D eigenvalue weighted by atomic mass is 35.5. The number of halogens is 1. The zero-order chi connectivity index (χ0) is 21.4. The molecule has 150 valence electrons. The molecule has 1 aromatic heterocycles. The molecule has 0 radical (unpaired) electrons. The van der Waals surface area contributed by atoms with Crippen molar-refractivity contribution in [2.45, 2.75) is 13.5 Å². The Hall–Kier alpha value is -3.55. The predicted octanol–water partition coefficient (Wildman–Crippen LogP) is 2.50. The molecule has 0 saturated heterocycles. The standard InChI is InChI=1S/C18H16ClN5O5/c1-11-5-13(9-28-2)15(7-20)18(22-11)29-10-17(25)23-21-8-12-6-14(24(26)27)3-4-16(12)19/h3-6,8H,9-10H2,1-2H3,(H,23,25). The number of amides is 1. The van der Waals surface area contributed by atoms with Crippen molar-refractivity contribution in [1.82, 2.24) is 10.4 Å². The number of nitriles is 1. The number of methoxy groups -OCH3 is 1. The second kappa shape index (κ2) is 10.1. The summed E-state index contributed by atoms with van der Waals surface area (Å²) < 4.78 is 10.4. The Morgan fingerprint density at radius 1 is 1.48 bits per heavy atom. The molecular formula is C18H16ClN5O5. The van der Waals surface area contributed by atoms with Crippen molar-refractivity contribution in [3.8, 4) is 11.9 Å². The molecule has 0 fully saturated rings. The maximum Gasteiger partial charge on any atom is 0.278 e. The summed E-state index contributed by atoms with van der Waals surface area (Å²) in [7, 11) is 1.50. The van der Waals surface area contributed by atoms with Crippen molar-refractivity contribution in [3.05, 3.63) is 61.8 Å². The Bertz CT molecular complexity index is 1000. The van der Waals surface area contributed by atoms with E-state index < -0.39 is 17.4 Å². The van der Waals surface area contributed by atoms with Crippen LogP contribution in [0, 0.1) is 28.4 Å². The Morgan fingerprint density at radius 2 is 2.24 bits per heavy atom. The summed E-state index contributed by atoms with van der Waals surface area (Å²) >= 11 is 5.95. The van der Waals surface area contributed by atoms with Gasteiger partial charge in [-0.1, -0.05) is 11.6 Å². The molecular weight excluding hydrogens is 402 g/mol. The summed E-state index contributed by atoms with van der Waals surface area (Å²) in [4.78, 5) is 26.3. The molecule has 11 heteroatoms. The van der Waals surface area contributed by atoms with Gasteiger partial charge in [0.1, 0.15) is 11.6 Å². The largest absolute Gasteiger partial charge is 0.467 e. The molecule has 10 nitrogen and oxygen atoms in total. The molecule has 0 aliphatic heterocycles. The summed E-state index contributed by atoms with van der Waals surface area (Å²) in [6.07, 6.45) is 1.18. The molecule has 1 amide bonds. The van der Waals surface area contributed by atoms with Crippen LogP contribution >= 0.6 is 11.6 Å². The maximum absolute atomic E-state index is 11.9. The Labute approximate surface area is 170 Å². The van der Waals surface area contributed by atoms with E-state index in [-0.39, 0.29) is 34.3 Å². The first-order chi connectivity index (χ1) is 13.8. The molecule has 1 N–H and O–H groups in total. The number of nitro benzene ring substituents is 1. The lowest BCUT2D eigenvalue weighted by atomic mass is 10.1. The number of pyridine rings is 1. The number of rotatable bonds is 8. The van der Waals surface area contributed by atoms with Crippen LogP contribution in [0.1, 0.15) is 22.4 Å². The smallest absolute Gasteiger partial charge is 0.278 e. The van der Waals surface area contributed by atoms with Crippen LogP contribution in [-0.2, 0) is 16.1 Å². The van der Waals surface area contributed by atoms with Crippen LogP contribution in [0.5, 0.6) is 5.88 Å². The Balaban J connectivity index is 2.03. The van der Waals surface area contributed by atoms with Gasteiger partial charge in [-0.15, -0.1) is 0 Å². The third-order valence-corrected chi connectivity index (χ3v) is 3.88. The maximum atomic E-state index is 11.9. The summed E-state index contributed by atoms with van der Waals surface area (Å²) in [5, 5.41) is 24.1. The number of ether oxygens (including phenoxy) is 2. The first-order valence-corrected chi connectivity index (χ1v) is 8.51. The Kier molecular flexibility index (Phi) is 7.59. The highest BCUT2D eigenvalue weighted by Crippen LogP contribution is 2.22. The van der Waals surface area contributed by atoms with Crippen LogP contribution in [0.2, 0.25) is 5.02 Å². The van der Waals surface area contributed by atoms with Gasteiger partial charge in [-0.05, 0) is 19.1 Å². The van der Waals surface area contributed by atoms with Crippen molar-refractivity contribution < 1.29 is 19.2 Å². The van der Waals surface area contributed by atoms with E-state index in [1.807, 2.05) is 6.07 Å². The number of nitrogens with one attached hydrogen (secondary N) is 1. The van der Waals surface area contributed by atoms with Crippen molar-refractivity contribution in [2.75, 3.05) is 13.7 Å². The van der Waals surface area contributed by atoms with Crippen LogP contribution in [0.4, 0.5) is 5.69 Å². The van der Waals surface area contributed by atoms with Crippen LogP contribution in [0.15, 0.2) is 29.4 Å². The zero-order valence-electron chi connectivity index (χ0n) is 15.5. The van der Waals surface area contributed by atoms with Gasteiger partial charge in [0, 0.05) is 41.1 Å². The average molecular weight is 418 g/mol. The quantitative estimate of drug-likeness (QED) is 0.395. The van der Waals surface area contributed by atoms with Gasteiger partial charge in [0.2, 0.25) is 5.88 Å². The predicted molar refractivity (Wildman–Crippen MR) is 104 cm³/mol. The molecule has 0 atom stereocenters. The van der Waals surface area contributed by atoms with Gasteiger partial charge in [-0.25, -0.2) is 10.4 Å². The van der Waals surface area contributed by atoms with Crippen LogP contribution < -0.4 is 10.2 Å². The van der Waals surface area contributed by atoms with Gasteiger partial charge in [-0.3, -0.25) is 14.9 Å². The highest BCUT2D eigenvalue weighted by molar-refractivity contribution is 6.33. The van der Waals surface area contributed by atoms with Gasteiger partial charge in [0.05, 0.1) is 17.7 Å². The van der Waals surface area contributed by atoms with Gasteiger partial charge in [-0.2, -0.15) is 10.4 Å². The Morgan fingerprint density at radius 3 is 2.90 bits per heavy atom. The second-order valence-electron chi connectivity index (χ2n) is 5.69. The summed E-state index contributed by atoms with van der Waals surface area (Å²) in [6.45, 7) is 1.47. The topological polar surface area (TPSA) is 140 Å². The number of nitro groups is 1. The van der Waals surface area contributed by atoms with E-state index in [4.69, 9.17) is 21.1 Å². The second-order valence-corrected chi connectivity index (χ2v) is 6.10. The van der Waals surface area contributed by atoms with E-state index in [0.717, 1.165) is 0 Å². The number of aromatic nitrogens is 1. The van der Waals surface area contributed by atoms with Crippen molar-refractivity contribution in [1.29, 1.82) is 5.26 Å². The minimum absolute atomic E-state index is 0.0143. The van der Waals surface area contributed by atoms with E-state index in [2.05, 4.69) is 15.5 Å². The molecule has 0 aliphatic carbocycles. The SMILES string of the molecule is COCc1cc(C)nc(OCC(=O)NN=Cc2cc([N+](=O)[O-])ccc2Cl)c1C#N. The van der Waals surface area contributed by atoms with Crippen molar-refractivity contribution in [3.63, 3.8) is 0 Å². The summed E-state index contributed by atoms with van der Waals surface area (Å²) in [5.41, 5.74) is 3.69. The number of hydrazone groups is 1. The van der Waals surface area contributed by atoms with E-state index in [0.29, 0.717) is 11.3 Å². The number of benzene rings is 1. The number of hydrogen-bond donors (Lipinski definition) is 1. The van der Waals surface area contributed by atoms with Crippen molar-refractivity contribution >= 4 is 29.4 Å². The first kappa shape index (κ1) is 21.7. The number of aryl methyl sites for hydroxylation is 1. The monoisotopic (exact) mass is 417 g/mol. The van der Waals surface area contributed by atoms with Crippen LogP contribution in [0.3, 0.4) is 0 Å². The minimum Gasteiger partial charge on any atom is -0.467 e. The number of carbonyl (C=O) groups is 1. The molecule has 2 rings (SSSR count). The lowest BCUT2D eigenvalue weighted by molar-refractivity contribution is -0.384. The zero-order valence-corrected chi connectivity index (χ0v) is 16.3. The minimum atomic E-state index is -0.622. The first-order valence-electron chi connectivity index (χ1n) is 8.14. The third-order valence-electron chi connectivity index (χ3n) is 3.53. The van der Waals surface area contributed by atoms with Gasteiger partial charge >= 0.3 is 0 Å². The fourth-order valence-electron chi connectivity index (χ4n) is 2.29. The highest BCUT2D eigenvalue weighted by Gasteiger charge is 2.14. The fourth-order valence-corrected chi connectivity index (χ4v) is 2.45. The molecule has 1 aromatic carbocycles. The number of carbonyl (C=O) groups excluding carboxylic acids is 1. The fraction of sp³-hybridized carbons (Fsp3) is 0.222. The third kappa shape index (κ3) is 5.97. The molecule has 0 aliphatic rings. The molecule has 2 aromatic rings. The van der Waals surface area contributed by atoms with E-state index in [9.17, 15) is 20.2 Å². The van der Waals surface area contributed by atoms with Crippen molar-refractivity contribution in [2.24, 2.45) is 5.10 Å². The number of nitrogens with zero attached hydrogens (tertiary/aromatic N) is 4. The molecule has 0 unspecified atom stereocenters. The molecule has 0 spiro atoms. The average Bonchev–Trinajstić information content (AvgIpc) is 2.67. The summed E-state index contributed by atoms with van der Waals surface area (Å²) in [6, 6.07) is 7.52. The van der Waals surface area contributed by atoms with Gasteiger partial charge in [0.25, 0.3) is 11.6 Å². The molecule has 29 heavy (non-hydrogen) atoms. The van der Waals surface area contributed by atoms with E-state index in [1.54, 1.807) is 13.0 Å². The van der Waals surface area contributed by atoms with Crippen LogP contribution in [-0.4, -0.2) is 35.7 Å². The molecule has 1 heterocycles. The van der Waals surface area contributed by atoms with Gasteiger partial charge < -0.3 is 9.47 Å². The summed E-state index contributed by atoms with van der Waals surface area (Å²) in [5.74, 6) is -0.608. The lowest BCUT2D eigenvalue weighted by Gasteiger charge is -2.10. The van der Waals surface area contributed by atoms with Crippen LogP contribution in [0.25, 0.3) is 0 Å². The molecule has 0 bridgehead atoms. The number of non-ortho nitro benzene ring substituents is 1. The number of hydrogen-bond acceptors (Lipinski definition) is 8. The van der Waals surface area contributed by atoms with E-state index in [1.165, 1.54) is 31.5 Å². The lowest BCUT2D eigenvalue weighted by Crippen LogP contribution is -2.25. The van der Waals surface area contributed by atoms with E-state index >= 15 is 0 Å². The normalized spacial score (nSPS) is 10.6.